The quantitative estimate of drug-likeness (QED) is 0.614. The molecule has 132 valence electrons. The van der Waals surface area contributed by atoms with E-state index in [1.54, 1.807) is 12.1 Å². The highest BCUT2D eigenvalue weighted by Crippen LogP contribution is 2.37. The molecule has 2 aromatic rings. The fourth-order valence-corrected chi connectivity index (χ4v) is 2.90. The van der Waals surface area contributed by atoms with E-state index in [0.717, 1.165) is 30.5 Å². The molecule has 1 aromatic heterocycles. The van der Waals surface area contributed by atoms with E-state index in [4.69, 9.17) is 14.2 Å². The van der Waals surface area contributed by atoms with Gasteiger partial charge in [-0.1, -0.05) is 0 Å². The third-order valence-electron chi connectivity index (χ3n) is 4.09. The Kier molecular flexibility index (Phi) is 4.87. The molecule has 1 amide bonds. The first kappa shape index (κ1) is 16.8. The van der Waals surface area contributed by atoms with Gasteiger partial charge in [-0.3, -0.25) is 9.89 Å². The number of aromatic amines is 1. The van der Waals surface area contributed by atoms with E-state index in [1.807, 2.05) is 0 Å². The van der Waals surface area contributed by atoms with E-state index < -0.39 is 0 Å². The van der Waals surface area contributed by atoms with Crippen LogP contribution >= 0.6 is 0 Å². The maximum absolute atomic E-state index is 12.2. The predicted molar refractivity (Wildman–Crippen MR) is 91.8 cm³/mol. The van der Waals surface area contributed by atoms with E-state index in [0.29, 0.717) is 28.5 Å². The zero-order chi connectivity index (χ0) is 17.8. The molecule has 0 bridgehead atoms. The first-order valence-corrected chi connectivity index (χ1v) is 7.87. The van der Waals surface area contributed by atoms with Crippen LogP contribution in [-0.4, -0.2) is 43.6 Å². The van der Waals surface area contributed by atoms with Gasteiger partial charge in [0.15, 0.2) is 17.2 Å². The summed E-state index contributed by atoms with van der Waals surface area (Å²) < 4.78 is 15.8. The molecular formula is C17H20N4O4. The summed E-state index contributed by atoms with van der Waals surface area (Å²) in [5, 5.41) is 11.0. The van der Waals surface area contributed by atoms with E-state index in [1.165, 1.54) is 27.5 Å². The van der Waals surface area contributed by atoms with Crippen LogP contribution in [-0.2, 0) is 12.8 Å². The number of rotatable bonds is 6. The molecular weight excluding hydrogens is 324 g/mol. The summed E-state index contributed by atoms with van der Waals surface area (Å²) >= 11 is 0. The van der Waals surface area contributed by atoms with Gasteiger partial charge in [0.2, 0.25) is 5.75 Å². The number of carbonyl (C=O) groups is 1. The lowest BCUT2D eigenvalue weighted by Crippen LogP contribution is -2.19. The van der Waals surface area contributed by atoms with Crippen molar-refractivity contribution >= 4 is 12.1 Å². The minimum atomic E-state index is -0.330. The molecule has 0 aliphatic heterocycles. The summed E-state index contributed by atoms with van der Waals surface area (Å²) in [5.41, 5.74) is 5.64. The Balaban J connectivity index is 1.74. The van der Waals surface area contributed by atoms with Crippen molar-refractivity contribution in [2.24, 2.45) is 5.10 Å². The Hall–Kier alpha value is -3.03. The highest BCUT2D eigenvalue weighted by atomic mass is 16.5. The minimum absolute atomic E-state index is 0.330. The summed E-state index contributed by atoms with van der Waals surface area (Å²) in [6.45, 7) is 0. The molecule has 3 rings (SSSR count). The average Bonchev–Trinajstić information content (AvgIpc) is 3.24. The van der Waals surface area contributed by atoms with Crippen molar-refractivity contribution < 1.29 is 19.0 Å². The van der Waals surface area contributed by atoms with Crippen LogP contribution in [0.25, 0.3) is 0 Å². The van der Waals surface area contributed by atoms with Gasteiger partial charge >= 0.3 is 0 Å². The van der Waals surface area contributed by atoms with Gasteiger partial charge in [0, 0.05) is 16.8 Å². The maximum atomic E-state index is 12.2. The van der Waals surface area contributed by atoms with Crippen molar-refractivity contribution in [2.45, 2.75) is 19.3 Å². The van der Waals surface area contributed by atoms with Crippen molar-refractivity contribution in [3.8, 4) is 17.2 Å². The van der Waals surface area contributed by atoms with Crippen LogP contribution in [0.4, 0.5) is 0 Å². The lowest BCUT2D eigenvalue weighted by Gasteiger charge is -2.12. The summed E-state index contributed by atoms with van der Waals surface area (Å²) in [6, 6.07) is 3.48. The first-order chi connectivity index (χ1) is 12.2. The Morgan fingerprint density at radius 2 is 1.92 bits per heavy atom. The Bertz CT molecular complexity index is 788. The second-order valence-corrected chi connectivity index (χ2v) is 5.54. The standard InChI is InChI=1S/C17H20N4O4/c1-23-13-7-10(8-14(24-2)16(13)25-3)9-18-21-17(22)15-11-5-4-6-12(11)19-20-15/h7-9H,4-6H2,1-3H3,(H,19,20)(H,21,22). The monoisotopic (exact) mass is 344 g/mol. The number of H-pyrrole nitrogens is 1. The lowest BCUT2D eigenvalue weighted by molar-refractivity contribution is 0.0949. The second kappa shape index (κ2) is 7.25. The number of hydrogen-bond donors (Lipinski definition) is 2. The number of hydrazone groups is 1. The average molecular weight is 344 g/mol. The molecule has 1 aromatic carbocycles. The molecule has 0 saturated heterocycles. The normalized spacial score (nSPS) is 12.9. The van der Waals surface area contributed by atoms with E-state index in [9.17, 15) is 4.79 Å². The van der Waals surface area contributed by atoms with Crippen LogP contribution in [0.15, 0.2) is 17.2 Å². The Labute approximate surface area is 145 Å². The van der Waals surface area contributed by atoms with Crippen LogP contribution in [0, 0.1) is 0 Å². The highest BCUT2D eigenvalue weighted by molar-refractivity contribution is 5.95. The molecule has 0 radical (unpaired) electrons. The van der Waals surface area contributed by atoms with E-state index in [-0.39, 0.29) is 5.91 Å². The number of aryl methyl sites for hydroxylation is 1. The molecule has 8 nitrogen and oxygen atoms in total. The van der Waals surface area contributed by atoms with Gasteiger partial charge < -0.3 is 14.2 Å². The lowest BCUT2D eigenvalue weighted by atomic mass is 10.2. The minimum Gasteiger partial charge on any atom is -0.493 e. The maximum Gasteiger partial charge on any atom is 0.292 e. The topological polar surface area (TPSA) is 97.8 Å². The van der Waals surface area contributed by atoms with Crippen LogP contribution in [0.3, 0.4) is 0 Å². The van der Waals surface area contributed by atoms with Gasteiger partial charge in [-0.05, 0) is 31.4 Å². The zero-order valence-corrected chi connectivity index (χ0v) is 14.4. The Morgan fingerprint density at radius 1 is 1.20 bits per heavy atom. The number of hydrogen-bond acceptors (Lipinski definition) is 6. The summed E-state index contributed by atoms with van der Waals surface area (Å²) in [6.07, 6.45) is 4.35. The number of aromatic nitrogens is 2. The highest BCUT2D eigenvalue weighted by Gasteiger charge is 2.22. The van der Waals surface area contributed by atoms with E-state index >= 15 is 0 Å². The number of carbonyl (C=O) groups excluding carboxylic acids is 1. The first-order valence-electron chi connectivity index (χ1n) is 7.87. The molecule has 25 heavy (non-hydrogen) atoms. The molecule has 0 spiro atoms. The van der Waals surface area contributed by atoms with Crippen LogP contribution in [0.1, 0.15) is 33.7 Å². The second-order valence-electron chi connectivity index (χ2n) is 5.54. The number of methoxy groups -OCH3 is 3. The molecule has 2 N–H and O–H groups in total. The van der Waals surface area contributed by atoms with Crippen LogP contribution in [0.5, 0.6) is 17.2 Å². The number of nitrogens with one attached hydrogen (secondary N) is 2. The van der Waals surface area contributed by atoms with Crippen molar-refractivity contribution in [3.63, 3.8) is 0 Å². The SMILES string of the molecule is COc1cc(C=NNC(=O)c2n[nH]c3c2CCC3)cc(OC)c1OC. The number of amides is 1. The molecule has 0 saturated carbocycles. The summed E-state index contributed by atoms with van der Waals surface area (Å²) in [7, 11) is 4.62. The number of fused-ring (bicyclic) bond motifs is 1. The van der Waals surface area contributed by atoms with Gasteiger partial charge in [-0.2, -0.15) is 10.2 Å². The zero-order valence-electron chi connectivity index (χ0n) is 14.4. The van der Waals surface area contributed by atoms with Crippen molar-refractivity contribution in [1.82, 2.24) is 15.6 Å². The summed E-state index contributed by atoms with van der Waals surface area (Å²) in [5.74, 6) is 1.20. The molecule has 1 aliphatic carbocycles. The van der Waals surface area contributed by atoms with Gasteiger partial charge in [0.25, 0.3) is 5.91 Å². The Morgan fingerprint density at radius 3 is 2.56 bits per heavy atom. The van der Waals surface area contributed by atoms with Crippen molar-refractivity contribution in [2.75, 3.05) is 21.3 Å². The number of benzene rings is 1. The molecule has 0 fully saturated rings. The molecule has 8 heteroatoms. The molecule has 0 atom stereocenters. The van der Waals surface area contributed by atoms with Gasteiger partial charge in [0.1, 0.15) is 0 Å². The summed E-state index contributed by atoms with van der Waals surface area (Å²) in [4.78, 5) is 12.2. The number of nitrogens with zero attached hydrogens (tertiary/aromatic N) is 2. The third kappa shape index (κ3) is 3.28. The smallest absolute Gasteiger partial charge is 0.292 e. The molecule has 0 unspecified atom stereocenters. The largest absolute Gasteiger partial charge is 0.493 e. The molecule has 1 heterocycles. The van der Waals surface area contributed by atoms with Gasteiger partial charge in [-0.25, -0.2) is 5.43 Å². The predicted octanol–water partition coefficient (Wildman–Crippen LogP) is 1.69. The van der Waals surface area contributed by atoms with Gasteiger partial charge in [0.05, 0.1) is 27.5 Å². The van der Waals surface area contributed by atoms with Crippen molar-refractivity contribution in [1.29, 1.82) is 0 Å². The fourth-order valence-electron chi connectivity index (χ4n) is 2.90. The van der Waals surface area contributed by atoms with Crippen molar-refractivity contribution in [3.05, 3.63) is 34.6 Å². The van der Waals surface area contributed by atoms with Gasteiger partial charge in [-0.15, -0.1) is 0 Å². The van der Waals surface area contributed by atoms with E-state index in [2.05, 4.69) is 20.7 Å². The van der Waals surface area contributed by atoms with Crippen LogP contribution in [0.2, 0.25) is 0 Å². The third-order valence-corrected chi connectivity index (χ3v) is 4.09. The van der Waals surface area contributed by atoms with Crippen LogP contribution < -0.4 is 19.6 Å². The molecule has 1 aliphatic rings. The fraction of sp³-hybridized carbons (Fsp3) is 0.353. The number of ether oxygens (including phenoxy) is 3.